The van der Waals surface area contributed by atoms with Crippen LogP contribution in [0.1, 0.15) is 33.1 Å². The molecule has 0 aromatic carbocycles. The largest absolute Gasteiger partial charge is 0.480 e. The number of amides is 1. The Morgan fingerprint density at radius 3 is 2.56 bits per heavy atom. The van der Waals surface area contributed by atoms with Crippen molar-refractivity contribution in [2.24, 2.45) is 0 Å². The van der Waals surface area contributed by atoms with Gasteiger partial charge in [0.05, 0.1) is 6.61 Å². The second-order valence-corrected chi connectivity index (χ2v) is 4.58. The monoisotopic (exact) mass is 255 g/mol. The summed E-state index contributed by atoms with van der Waals surface area (Å²) in [7, 11) is 0. The van der Waals surface area contributed by atoms with Crippen molar-refractivity contribution in [1.29, 1.82) is 0 Å². The van der Waals surface area contributed by atoms with E-state index in [0.717, 1.165) is 12.8 Å². The maximum absolute atomic E-state index is 12.2. The highest BCUT2D eigenvalue weighted by molar-refractivity contribution is 5.86. The molecule has 5 heteroatoms. The molecule has 18 heavy (non-hydrogen) atoms. The molecule has 1 saturated carbocycles. The van der Waals surface area contributed by atoms with Gasteiger partial charge in [0.15, 0.2) is 0 Å². The van der Waals surface area contributed by atoms with Gasteiger partial charge in [-0.25, -0.2) is 4.79 Å². The molecule has 0 aromatic heterocycles. The number of aliphatic carboxylic acids is 1. The molecule has 0 spiro atoms. The first kappa shape index (κ1) is 14.7. The molecule has 1 amide bonds. The summed E-state index contributed by atoms with van der Waals surface area (Å²) in [4.78, 5) is 24.6. The van der Waals surface area contributed by atoms with Crippen LogP contribution in [-0.4, -0.2) is 46.7 Å². The van der Waals surface area contributed by atoms with E-state index in [2.05, 4.69) is 6.58 Å². The SMILES string of the molecule is C=CCCOC(C)C(=O)N(C1CC1)C(C)C(=O)O. The van der Waals surface area contributed by atoms with Gasteiger partial charge in [0.2, 0.25) is 0 Å². The lowest BCUT2D eigenvalue weighted by Crippen LogP contribution is -2.49. The molecule has 0 heterocycles. The predicted molar refractivity (Wildman–Crippen MR) is 67.2 cm³/mol. The van der Waals surface area contributed by atoms with E-state index in [-0.39, 0.29) is 11.9 Å². The van der Waals surface area contributed by atoms with E-state index in [1.165, 1.54) is 11.8 Å². The summed E-state index contributed by atoms with van der Waals surface area (Å²) in [5.74, 6) is -1.22. The van der Waals surface area contributed by atoms with Gasteiger partial charge in [0.25, 0.3) is 5.91 Å². The zero-order chi connectivity index (χ0) is 13.7. The maximum atomic E-state index is 12.2. The quantitative estimate of drug-likeness (QED) is 0.526. The van der Waals surface area contributed by atoms with E-state index < -0.39 is 18.1 Å². The topological polar surface area (TPSA) is 66.8 Å². The van der Waals surface area contributed by atoms with Gasteiger partial charge in [-0.3, -0.25) is 4.79 Å². The number of hydrogen-bond donors (Lipinski definition) is 1. The fourth-order valence-corrected chi connectivity index (χ4v) is 1.77. The van der Waals surface area contributed by atoms with Crippen LogP contribution in [0.2, 0.25) is 0 Å². The summed E-state index contributed by atoms with van der Waals surface area (Å²) in [6.45, 7) is 7.20. The minimum absolute atomic E-state index is 0.0639. The molecule has 2 atom stereocenters. The standard InChI is InChI=1S/C13H21NO4/c1-4-5-8-18-10(3)12(15)14(11-6-7-11)9(2)13(16)17/h4,9-11H,1,5-8H2,2-3H3,(H,16,17). The lowest BCUT2D eigenvalue weighted by atomic mass is 10.2. The third-order valence-corrected chi connectivity index (χ3v) is 3.01. The molecule has 1 aliphatic rings. The zero-order valence-electron chi connectivity index (χ0n) is 11.0. The molecule has 0 saturated heterocycles. The van der Waals surface area contributed by atoms with E-state index in [9.17, 15) is 9.59 Å². The van der Waals surface area contributed by atoms with Crippen LogP contribution in [0, 0.1) is 0 Å². The normalized spacial score (nSPS) is 17.9. The number of hydrogen-bond acceptors (Lipinski definition) is 3. The second-order valence-electron chi connectivity index (χ2n) is 4.58. The van der Waals surface area contributed by atoms with E-state index in [1.807, 2.05) is 0 Å². The molecule has 0 aliphatic heterocycles. The van der Waals surface area contributed by atoms with Gasteiger partial charge in [-0.15, -0.1) is 6.58 Å². The smallest absolute Gasteiger partial charge is 0.326 e. The fourth-order valence-electron chi connectivity index (χ4n) is 1.77. The van der Waals surface area contributed by atoms with Crippen LogP contribution in [-0.2, 0) is 14.3 Å². The number of carboxylic acid groups (broad SMARTS) is 1. The van der Waals surface area contributed by atoms with Crippen LogP contribution in [0.5, 0.6) is 0 Å². The number of carbonyl (C=O) groups is 2. The zero-order valence-corrected chi connectivity index (χ0v) is 11.0. The number of carbonyl (C=O) groups excluding carboxylic acids is 1. The summed E-state index contributed by atoms with van der Waals surface area (Å²) in [5, 5.41) is 9.03. The molecular weight excluding hydrogens is 234 g/mol. The first-order valence-corrected chi connectivity index (χ1v) is 6.26. The molecule has 2 unspecified atom stereocenters. The highest BCUT2D eigenvalue weighted by Gasteiger charge is 2.40. The second kappa shape index (κ2) is 6.54. The van der Waals surface area contributed by atoms with E-state index >= 15 is 0 Å². The van der Waals surface area contributed by atoms with E-state index in [1.54, 1.807) is 13.0 Å². The van der Waals surface area contributed by atoms with Crippen molar-refractivity contribution in [3.05, 3.63) is 12.7 Å². The third kappa shape index (κ3) is 3.84. The Labute approximate surface area is 107 Å². The molecule has 102 valence electrons. The average molecular weight is 255 g/mol. The number of carboxylic acids is 1. The molecule has 0 aromatic rings. The molecule has 1 N–H and O–H groups in total. The minimum Gasteiger partial charge on any atom is -0.480 e. The summed E-state index contributed by atoms with van der Waals surface area (Å²) in [6, 6.07) is -0.732. The Balaban J connectivity index is 2.59. The molecule has 1 aliphatic carbocycles. The molecule has 0 bridgehead atoms. The molecule has 0 radical (unpaired) electrons. The van der Waals surface area contributed by atoms with Gasteiger partial charge < -0.3 is 14.7 Å². The van der Waals surface area contributed by atoms with Crippen LogP contribution in [0.15, 0.2) is 12.7 Å². The van der Waals surface area contributed by atoms with Gasteiger partial charge in [-0.1, -0.05) is 6.08 Å². The van der Waals surface area contributed by atoms with Crippen molar-refractivity contribution in [3.63, 3.8) is 0 Å². The van der Waals surface area contributed by atoms with Crippen LogP contribution >= 0.6 is 0 Å². The first-order valence-electron chi connectivity index (χ1n) is 6.26. The molecular formula is C13H21NO4. The Morgan fingerprint density at radius 1 is 1.50 bits per heavy atom. The number of nitrogens with zero attached hydrogens (tertiary/aromatic N) is 1. The van der Waals surface area contributed by atoms with Crippen molar-refractivity contribution in [2.45, 2.75) is 51.3 Å². The Bertz CT molecular complexity index is 325. The highest BCUT2D eigenvalue weighted by atomic mass is 16.5. The van der Waals surface area contributed by atoms with Gasteiger partial charge >= 0.3 is 5.97 Å². The lowest BCUT2D eigenvalue weighted by molar-refractivity contribution is -0.155. The Kier molecular flexibility index (Phi) is 5.34. The van der Waals surface area contributed by atoms with E-state index in [4.69, 9.17) is 9.84 Å². The molecule has 1 fully saturated rings. The lowest BCUT2D eigenvalue weighted by Gasteiger charge is -2.29. The molecule has 5 nitrogen and oxygen atoms in total. The third-order valence-electron chi connectivity index (χ3n) is 3.01. The van der Waals surface area contributed by atoms with Gasteiger partial charge in [0, 0.05) is 6.04 Å². The minimum atomic E-state index is -0.978. The van der Waals surface area contributed by atoms with Crippen LogP contribution in [0.3, 0.4) is 0 Å². The summed E-state index contributed by atoms with van der Waals surface area (Å²) < 4.78 is 5.38. The summed E-state index contributed by atoms with van der Waals surface area (Å²) in [5.41, 5.74) is 0. The fraction of sp³-hybridized carbons (Fsp3) is 0.692. The van der Waals surface area contributed by atoms with Crippen molar-refractivity contribution >= 4 is 11.9 Å². The van der Waals surface area contributed by atoms with Crippen molar-refractivity contribution in [1.82, 2.24) is 4.90 Å². The number of rotatable bonds is 8. The summed E-state index contributed by atoms with van der Waals surface area (Å²) in [6.07, 6.45) is 3.55. The van der Waals surface area contributed by atoms with Gasteiger partial charge in [-0.2, -0.15) is 0 Å². The molecule has 1 rings (SSSR count). The van der Waals surface area contributed by atoms with E-state index in [0.29, 0.717) is 13.0 Å². The predicted octanol–water partition coefficient (Wildman–Crippen LogP) is 1.43. The average Bonchev–Trinajstić information content (AvgIpc) is 3.13. The van der Waals surface area contributed by atoms with Crippen LogP contribution in [0.25, 0.3) is 0 Å². The maximum Gasteiger partial charge on any atom is 0.326 e. The van der Waals surface area contributed by atoms with Crippen LogP contribution in [0.4, 0.5) is 0 Å². The summed E-state index contributed by atoms with van der Waals surface area (Å²) >= 11 is 0. The van der Waals surface area contributed by atoms with Crippen molar-refractivity contribution in [3.8, 4) is 0 Å². The van der Waals surface area contributed by atoms with Gasteiger partial charge in [-0.05, 0) is 33.1 Å². The van der Waals surface area contributed by atoms with Crippen molar-refractivity contribution < 1.29 is 19.4 Å². The Morgan fingerprint density at radius 2 is 2.11 bits per heavy atom. The number of ether oxygens (including phenoxy) is 1. The van der Waals surface area contributed by atoms with Crippen LogP contribution < -0.4 is 0 Å². The Hall–Kier alpha value is -1.36. The van der Waals surface area contributed by atoms with Gasteiger partial charge in [0.1, 0.15) is 12.1 Å². The van der Waals surface area contributed by atoms with Crippen molar-refractivity contribution in [2.75, 3.05) is 6.61 Å². The highest BCUT2D eigenvalue weighted by Crippen LogP contribution is 2.29. The first-order chi connectivity index (χ1) is 8.49.